The summed E-state index contributed by atoms with van der Waals surface area (Å²) in [5.41, 5.74) is 2.11. The highest BCUT2D eigenvalue weighted by molar-refractivity contribution is 5.97. The molecule has 0 atom stereocenters. The maximum Gasteiger partial charge on any atom is 0.270 e. The third-order valence-corrected chi connectivity index (χ3v) is 3.10. The summed E-state index contributed by atoms with van der Waals surface area (Å²) >= 11 is 0. The molecular formula is C16H15NO4. The highest BCUT2D eigenvalue weighted by atomic mass is 16.6. The summed E-state index contributed by atoms with van der Waals surface area (Å²) in [5, 5.41) is 10.8. The Balaban J connectivity index is 2.44. The van der Waals surface area contributed by atoms with Gasteiger partial charge in [-0.15, -0.1) is 0 Å². The molecule has 0 radical (unpaired) electrons. The van der Waals surface area contributed by atoms with Crippen LogP contribution >= 0.6 is 0 Å². The van der Waals surface area contributed by atoms with Crippen LogP contribution in [0.1, 0.15) is 28.4 Å². The third-order valence-electron chi connectivity index (χ3n) is 3.10. The zero-order chi connectivity index (χ0) is 15.6. The first-order valence-corrected chi connectivity index (χ1v) is 6.43. The molecule has 5 heteroatoms. The van der Waals surface area contributed by atoms with Crippen LogP contribution in [0.2, 0.25) is 0 Å². The molecule has 0 aliphatic carbocycles. The quantitative estimate of drug-likeness (QED) is 0.479. The van der Waals surface area contributed by atoms with E-state index < -0.39 is 4.92 Å². The Labute approximate surface area is 122 Å². The number of benzene rings is 2. The summed E-state index contributed by atoms with van der Waals surface area (Å²) in [6.45, 7) is 5.23. The van der Waals surface area contributed by atoms with E-state index in [1.165, 1.54) is 25.1 Å². The summed E-state index contributed by atoms with van der Waals surface area (Å²) in [4.78, 5) is 21.9. The maximum atomic E-state index is 11.7. The molecule has 0 bridgehead atoms. The molecule has 2 aromatic rings. The molecule has 0 aromatic heterocycles. The highest BCUT2D eigenvalue weighted by Crippen LogP contribution is 2.31. The van der Waals surface area contributed by atoms with Gasteiger partial charge in [-0.2, -0.15) is 0 Å². The van der Waals surface area contributed by atoms with Gasteiger partial charge in [0.15, 0.2) is 5.78 Å². The van der Waals surface area contributed by atoms with Crippen molar-refractivity contribution in [2.75, 3.05) is 0 Å². The largest absolute Gasteiger partial charge is 0.456 e. The number of ether oxygens (including phenoxy) is 1. The first-order valence-electron chi connectivity index (χ1n) is 6.43. The molecule has 0 heterocycles. The van der Waals surface area contributed by atoms with Crippen molar-refractivity contribution < 1.29 is 14.5 Å². The van der Waals surface area contributed by atoms with Crippen molar-refractivity contribution in [2.45, 2.75) is 20.8 Å². The van der Waals surface area contributed by atoms with E-state index in [-0.39, 0.29) is 17.0 Å². The van der Waals surface area contributed by atoms with Crippen LogP contribution in [0.3, 0.4) is 0 Å². The van der Waals surface area contributed by atoms with E-state index in [9.17, 15) is 14.9 Å². The molecule has 0 aliphatic rings. The van der Waals surface area contributed by atoms with Crippen molar-refractivity contribution in [3.05, 3.63) is 63.2 Å². The van der Waals surface area contributed by atoms with Crippen LogP contribution in [0.4, 0.5) is 5.69 Å². The van der Waals surface area contributed by atoms with Gasteiger partial charge in [-0.25, -0.2) is 0 Å². The summed E-state index contributed by atoms with van der Waals surface area (Å²) in [5.74, 6) is 0.662. The van der Waals surface area contributed by atoms with E-state index in [1.54, 1.807) is 0 Å². The second kappa shape index (κ2) is 5.75. The number of hydrogen-bond donors (Lipinski definition) is 0. The minimum Gasteiger partial charge on any atom is -0.456 e. The Morgan fingerprint density at radius 2 is 1.76 bits per heavy atom. The fourth-order valence-electron chi connectivity index (χ4n) is 2.03. The Hall–Kier alpha value is -2.69. The van der Waals surface area contributed by atoms with Crippen LogP contribution in [-0.2, 0) is 0 Å². The van der Waals surface area contributed by atoms with E-state index in [2.05, 4.69) is 0 Å². The number of nitrogens with zero attached hydrogens (tertiary/aromatic N) is 1. The predicted molar refractivity (Wildman–Crippen MR) is 79.1 cm³/mol. The lowest BCUT2D eigenvalue weighted by molar-refractivity contribution is -0.384. The Bertz CT molecular complexity index is 722. The molecule has 0 amide bonds. The molecule has 5 nitrogen and oxygen atoms in total. The Kier molecular flexibility index (Phi) is 4.03. The number of aryl methyl sites for hydroxylation is 2. The van der Waals surface area contributed by atoms with Gasteiger partial charge >= 0.3 is 0 Å². The zero-order valence-corrected chi connectivity index (χ0v) is 12.0. The fourth-order valence-corrected chi connectivity index (χ4v) is 2.03. The Morgan fingerprint density at radius 1 is 1.10 bits per heavy atom. The molecule has 2 aromatic carbocycles. The number of carbonyl (C=O) groups is 1. The Morgan fingerprint density at radius 3 is 2.33 bits per heavy atom. The van der Waals surface area contributed by atoms with Crippen LogP contribution in [-0.4, -0.2) is 10.7 Å². The van der Waals surface area contributed by atoms with E-state index in [0.717, 1.165) is 11.1 Å². The van der Waals surface area contributed by atoms with Crippen LogP contribution in [0.5, 0.6) is 11.5 Å². The number of ketones is 1. The first-order chi connectivity index (χ1) is 9.88. The topological polar surface area (TPSA) is 69.4 Å². The summed E-state index contributed by atoms with van der Waals surface area (Å²) < 4.78 is 5.75. The van der Waals surface area contributed by atoms with Gasteiger partial charge in [-0.3, -0.25) is 14.9 Å². The van der Waals surface area contributed by atoms with Crippen molar-refractivity contribution >= 4 is 11.5 Å². The molecular weight excluding hydrogens is 270 g/mol. The zero-order valence-electron chi connectivity index (χ0n) is 12.0. The van der Waals surface area contributed by atoms with Gasteiger partial charge in [0.1, 0.15) is 11.5 Å². The number of rotatable bonds is 4. The number of nitro benzene ring substituents is 1. The normalized spacial score (nSPS) is 10.2. The smallest absolute Gasteiger partial charge is 0.270 e. The van der Waals surface area contributed by atoms with E-state index in [1.807, 2.05) is 32.0 Å². The minimum atomic E-state index is -0.534. The monoisotopic (exact) mass is 285 g/mol. The van der Waals surface area contributed by atoms with Crippen LogP contribution < -0.4 is 4.74 Å². The lowest BCUT2D eigenvalue weighted by atomic mass is 10.1. The second-order valence-electron chi connectivity index (χ2n) is 4.86. The number of Topliss-reactive ketones (excluding diaryl/α,β-unsaturated/α-hetero) is 1. The van der Waals surface area contributed by atoms with Gasteiger partial charge in [0, 0.05) is 12.1 Å². The molecule has 21 heavy (non-hydrogen) atoms. The summed E-state index contributed by atoms with van der Waals surface area (Å²) in [6.07, 6.45) is 0. The van der Waals surface area contributed by atoms with Crippen LogP contribution in [0.15, 0.2) is 36.4 Å². The maximum absolute atomic E-state index is 11.7. The molecule has 0 aliphatic heterocycles. The van der Waals surface area contributed by atoms with Crippen molar-refractivity contribution in [3.63, 3.8) is 0 Å². The molecule has 0 saturated heterocycles. The molecule has 108 valence electrons. The van der Waals surface area contributed by atoms with Gasteiger partial charge in [0.2, 0.25) is 0 Å². The summed E-state index contributed by atoms with van der Waals surface area (Å²) in [6, 6.07) is 9.70. The lowest BCUT2D eigenvalue weighted by Gasteiger charge is -2.12. The SMILES string of the molecule is CC(=O)c1cc([N+](=O)[O-])ccc1Oc1ccc(C)cc1C. The van der Waals surface area contributed by atoms with Crippen molar-refractivity contribution in [1.29, 1.82) is 0 Å². The van der Waals surface area contributed by atoms with Gasteiger partial charge < -0.3 is 4.74 Å². The number of hydrogen-bond acceptors (Lipinski definition) is 4. The predicted octanol–water partition coefficient (Wildman–Crippen LogP) is 4.21. The molecule has 0 fully saturated rings. The summed E-state index contributed by atoms with van der Waals surface area (Å²) in [7, 11) is 0. The lowest BCUT2D eigenvalue weighted by Crippen LogP contribution is -2.00. The van der Waals surface area contributed by atoms with Crippen molar-refractivity contribution in [1.82, 2.24) is 0 Å². The van der Waals surface area contributed by atoms with E-state index in [4.69, 9.17) is 4.74 Å². The highest BCUT2D eigenvalue weighted by Gasteiger charge is 2.16. The van der Waals surface area contributed by atoms with E-state index >= 15 is 0 Å². The number of non-ortho nitro benzene ring substituents is 1. The molecule has 0 saturated carbocycles. The average molecular weight is 285 g/mol. The molecule has 2 rings (SSSR count). The van der Waals surface area contributed by atoms with Gasteiger partial charge in [0.25, 0.3) is 5.69 Å². The van der Waals surface area contributed by atoms with Gasteiger partial charge in [-0.1, -0.05) is 17.7 Å². The molecule has 0 spiro atoms. The third kappa shape index (κ3) is 3.25. The van der Waals surface area contributed by atoms with Crippen molar-refractivity contribution in [2.24, 2.45) is 0 Å². The molecule has 0 unspecified atom stereocenters. The van der Waals surface area contributed by atoms with Gasteiger partial charge in [0.05, 0.1) is 10.5 Å². The van der Waals surface area contributed by atoms with Gasteiger partial charge in [-0.05, 0) is 38.5 Å². The van der Waals surface area contributed by atoms with E-state index in [0.29, 0.717) is 11.5 Å². The average Bonchev–Trinajstić information content (AvgIpc) is 2.41. The van der Waals surface area contributed by atoms with Crippen LogP contribution in [0, 0.1) is 24.0 Å². The number of carbonyl (C=O) groups excluding carboxylic acids is 1. The molecule has 0 N–H and O–H groups in total. The minimum absolute atomic E-state index is 0.131. The van der Waals surface area contributed by atoms with Crippen LogP contribution in [0.25, 0.3) is 0 Å². The first kappa shape index (κ1) is 14.7. The van der Waals surface area contributed by atoms with Crippen molar-refractivity contribution in [3.8, 4) is 11.5 Å². The fraction of sp³-hybridized carbons (Fsp3) is 0.188. The second-order valence-corrected chi connectivity index (χ2v) is 4.86. The number of nitro groups is 1. The standard InChI is InChI=1S/C16H15NO4/c1-10-4-6-15(11(2)8-10)21-16-7-5-13(17(19)20)9-14(16)12(3)18/h4-9H,1-3H3.